The van der Waals surface area contributed by atoms with Gasteiger partial charge in [0.1, 0.15) is 24.2 Å². The monoisotopic (exact) mass is 671 g/mol. The topological polar surface area (TPSA) is 96.0 Å². The molecule has 0 aromatic heterocycles. The van der Waals surface area contributed by atoms with Crippen LogP contribution in [0.1, 0.15) is 49.3 Å². The Hall–Kier alpha value is -4.70. The Labute approximate surface area is 282 Å². The number of benzene rings is 4. The molecule has 8 nitrogen and oxygen atoms in total. The maximum absolute atomic E-state index is 14.6. The van der Waals surface area contributed by atoms with Crippen LogP contribution in [0.25, 0.3) is 0 Å². The van der Waals surface area contributed by atoms with Crippen LogP contribution >= 0.6 is 0 Å². The first-order valence-electron chi connectivity index (χ1n) is 16.3. The van der Waals surface area contributed by atoms with Crippen LogP contribution in [-0.2, 0) is 32.6 Å². The summed E-state index contributed by atoms with van der Waals surface area (Å²) in [6.07, 6.45) is 3.95. The van der Waals surface area contributed by atoms with Gasteiger partial charge < -0.3 is 15.0 Å². The molecule has 48 heavy (non-hydrogen) atoms. The number of hydrogen-bond acceptors (Lipinski definition) is 5. The summed E-state index contributed by atoms with van der Waals surface area (Å²) in [7, 11) is -4.23. The SMILES string of the molecule is CCOc1ccc(N(CC(=O)N(Cc2ccc(F)cc2)[C@@H](Cc2ccccc2)C(=O)NC2CCCC2)S(=O)(=O)c2ccc(C)cc2)cc1. The number of hydrogen-bond donors (Lipinski definition) is 1. The molecule has 1 N–H and O–H groups in total. The molecule has 1 aliphatic rings. The van der Waals surface area contributed by atoms with Crippen molar-refractivity contribution in [1.29, 1.82) is 0 Å². The summed E-state index contributed by atoms with van der Waals surface area (Å²) in [6, 6.07) is 27.1. The predicted molar refractivity (Wildman–Crippen MR) is 185 cm³/mol. The molecule has 0 aliphatic heterocycles. The van der Waals surface area contributed by atoms with Crippen LogP contribution < -0.4 is 14.4 Å². The standard InChI is InChI=1S/C38H42FN3O5S/c1-3-47-34-21-19-33(20-22-34)42(48(45,46)35-23-13-28(2)14-24-35)27-37(43)41(26-30-15-17-31(39)18-16-30)36(25-29-9-5-4-6-10-29)38(44)40-32-11-7-8-12-32/h4-6,9-10,13-24,32,36H,3,7-8,11-12,25-27H2,1-2H3,(H,40,44)/t36-/m0/s1. The minimum Gasteiger partial charge on any atom is -0.494 e. The van der Waals surface area contributed by atoms with Gasteiger partial charge in [-0.3, -0.25) is 13.9 Å². The first-order valence-corrected chi connectivity index (χ1v) is 17.8. The molecule has 0 saturated heterocycles. The van der Waals surface area contributed by atoms with E-state index in [4.69, 9.17) is 4.74 Å². The van der Waals surface area contributed by atoms with Crippen molar-refractivity contribution in [2.75, 3.05) is 17.5 Å². The third-order valence-electron chi connectivity index (χ3n) is 8.56. The van der Waals surface area contributed by atoms with E-state index in [9.17, 15) is 22.4 Å². The molecule has 0 radical (unpaired) electrons. The molecular formula is C38H42FN3O5S. The van der Waals surface area contributed by atoms with E-state index in [0.717, 1.165) is 41.1 Å². The lowest BCUT2D eigenvalue weighted by atomic mass is 10.0. The van der Waals surface area contributed by atoms with E-state index in [0.29, 0.717) is 17.9 Å². The first kappa shape index (κ1) is 34.6. The highest BCUT2D eigenvalue weighted by molar-refractivity contribution is 7.92. The van der Waals surface area contributed by atoms with Crippen molar-refractivity contribution in [1.82, 2.24) is 10.2 Å². The second-order valence-corrected chi connectivity index (χ2v) is 14.0. The van der Waals surface area contributed by atoms with E-state index in [1.807, 2.05) is 44.2 Å². The predicted octanol–water partition coefficient (Wildman–Crippen LogP) is 6.43. The molecule has 1 aliphatic carbocycles. The van der Waals surface area contributed by atoms with Crippen LogP contribution in [0.4, 0.5) is 10.1 Å². The van der Waals surface area contributed by atoms with Crippen LogP contribution in [0, 0.1) is 12.7 Å². The molecule has 10 heteroatoms. The quantitative estimate of drug-likeness (QED) is 0.167. The van der Waals surface area contributed by atoms with E-state index in [1.165, 1.54) is 29.2 Å². The smallest absolute Gasteiger partial charge is 0.264 e. The van der Waals surface area contributed by atoms with Gasteiger partial charge in [0.25, 0.3) is 10.0 Å². The molecule has 0 spiro atoms. The lowest BCUT2D eigenvalue weighted by molar-refractivity contribution is -0.140. The maximum atomic E-state index is 14.6. The van der Waals surface area contributed by atoms with Crippen LogP contribution in [0.2, 0.25) is 0 Å². The minimum absolute atomic E-state index is 0.000754. The highest BCUT2D eigenvalue weighted by atomic mass is 32.2. The molecule has 1 atom stereocenters. The Morgan fingerprint density at radius 1 is 0.875 bits per heavy atom. The van der Waals surface area contributed by atoms with Crippen molar-refractivity contribution in [3.8, 4) is 5.75 Å². The largest absolute Gasteiger partial charge is 0.494 e. The summed E-state index contributed by atoms with van der Waals surface area (Å²) < 4.78 is 49.0. The average Bonchev–Trinajstić information content (AvgIpc) is 3.60. The molecule has 252 valence electrons. The van der Waals surface area contributed by atoms with E-state index < -0.39 is 34.3 Å². The number of anilines is 1. The number of rotatable bonds is 14. The van der Waals surface area contributed by atoms with Crippen molar-refractivity contribution in [3.05, 3.63) is 126 Å². The number of nitrogens with one attached hydrogen (secondary N) is 1. The Morgan fingerprint density at radius 3 is 2.15 bits per heavy atom. The lowest BCUT2D eigenvalue weighted by Crippen LogP contribution is -2.54. The summed E-state index contributed by atoms with van der Waals surface area (Å²) in [5.41, 5.74) is 2.60. The van der Waals surface area contributed by atoms with Gasteiger partial charge in [0.05, 0.1) is 17.2 Å². The van der Waals surface area contributed by atoms with Crippen molar-refractivity contribution < 1.29 is 27.1 Å². The fourth-order valence-corrected chi connectivity index (χ4v) is 7.36. The Morgan fingerprint density at radius 2 is 1.52 bits per heavy atom. The van der Waals surface area contributed by atoms with Crippen molar-refractivity contribution in [3.63, 3.8) is 0 Å². The molecule has 1 saturated carbocycles. The second-order valence-electron chi connectivity index (χ2n) is 12.1. The van der Waals surface area contributed by atoms with Gasteiger partial charge >= 0.3 is 0 Å². The average molecular weight is 672 g/mol. The maximum Gasteiger partial charge on any atom is 0.264 e. The zero-order chi connectivity index (χ0) is 34.1. The summed E-state index contributed by atoms with van der Waals surface area (Å²) in [5.74, 6) is -0.756. The molecule has 4 aromatic rings. The van der Waals surface area contributed by atoms with Crippen LogP contribution in [0.3, 0.4) is 0 Å². The summed E-state index contributed by atoms with van der Waals surface area (Å²) >= 11 is 0. The third kappa shape index (κ3) is 8.80. The Kier molecular flexibility index (Phi) is 11.5. The number of amides is 2. The van der Waals surface area contributed by atoms with E-state index in [-0.39, 0.29) is 35.5 Å². The van der Waals surface area contributed by atoms with E-state index in [2.05, 4.69) is 5.32 Å². The highest BCUT2D eigenvalue weighted by Crippen LogP contribution is 2.28. The molecule has 0 unspecified atom stereocenters. The number of halogens is 1. The first-order chi connectivity index (χ1) is 23.1. The summed E-state index contributed by atoms with van der Waals surface area (Å²) in [4.78, 5) is 30.2. The Balaban J connectivity index is 1.56. The highest BCUT2D eigenvalue weighted by Gasteiger charge is 2.35. The molecular weight excluding hydrogens is 629 g/mol. The molecule has 0 bridgehead atoms. The van der Waals surface area contributed by atoms with Gasteiger partial charge in [-0.25, -0.2) is 12.8 Å². The number of ether oxygens (including phenoxy) is 1. The number of carbonyl (C=O) groups is 2. The van der Waals surface area contributed by atoms with Gasteiger partial charge in [0, 0.05) is 19.0 Å². The Bertz CT molecular complexity index is 1760. The number of carbonyl (C=O) groups excluding carboxylic acids is 2. The fraction of sp³-hybridized carbons (Fsp3) is 0.316. The second kappa shape index (κ2) is 15.9. The van der Waals surface area contributed by atoms with Gasteiger partial charge in [0.15, 0.2) is 0 Å². The number of aryl methyl sites for hydroxylation is 1. The zero-order valence-corrected chi connectivity index (χ0v) is 28.2. The molecule has 1 fully saturated rings. The van der Waals surface area contributed by atoms with Crippen LogP contribution in [0.15, 0.2) is 108 Å². The van der Waals surface area contributed by atoms with Gasteiger partial charge in [0.2, 0.25) is 11.8 Å². The third-order valence-corrected chi connectivity index (χ3v) is 10.4. The van der Waals surface area contributed by atoms with Gasteiger partial charge in [-0.2, -0.15) is 0 Å². The van der Waals surface area contributed by atoms with Gasteiger partial charge in [-0.05, 0) is 86.3 Å². The molecule has 2 amide bonds. The fourth-order valence-electron chi connectivity index (χ4n) is 5.95. The zero-order valence-electron chi connectivity index (χ0n) is 27.3. The van der Waals surface area contributed by atoms with Crippen molar-refractivity contribution in [2.45, 2.75) is 69.5 Å². The minimum atomic E-state index is -4.23. The van der Waals surface area contributed by atoms with Crippen LogP contribution in [-0.4, -0.2) is 50.4 Å². The van der Waals surface area contributed by atoms with Gasteiger partial charge in [-0.1, -0.05) is 73.0 Å². The molecule has 4 aromatic carbocycles. The normalized spacial score (nSPS) is 13.9. The molecule has 0 heterocycles. The number of nitrogens with zero attached hydrogens (tertiary/aromatic N) is 2. The summed E-state index contributed by atoms with van der Waals surface area (Å²) in [5, 5.41) is 3.16. The molecule has 5 rings (SSSR count). The lowest BCUT2D eigenvalue weighted by Gasteiger charge is -2.34. The van der Waals surface area contributed by atoms with Gasteiger partial charge in [-0.15, -0.1) is 0 Å². The van der Waals surface area contributed by atoms with Crippen molar-refractivity contribution >= 4 is 27.5 Å². The summed E-state index contributed by atoms with van der Waals surface area (Å²) in [6.45, 7) is 3.54. The van der Waals surface area contributed by atoms with Crippen molar-refractivity contribution in [2.24, 2.45) is 0 Å². The van der Waals surface area contributed by atoms with E-state index in [1.54, 1.807) is 48.5 Å². The van der Waals surface area contributed by atoms with E-state index >= 15 is 0 Å². The number of sulfonamides is 1. The van der Waals surface area contributed by atoms with Crippen LogP contribution in [0.5, 0.6) is 5.75 Å².